The highest BCUT2D eigenvalue weighted by Crippen LogP contribution is 2.23. The minimum Gasteiger partial charge on any atom is -0.140 e. The van der Waals surface area contributed by atoms with Crippen LogP contribution < -0.4 is 5.30 Å². The lowest BCUT2D eigenvalue weighted by molar-refractivity contribution is 1.78. The van der Waals surface area contributed by atoms with Crippen LogP contribution in [0.25, 0.3) is 0 Å². The molecule has 0 nitrogen and oxygen atoms in total. The maximum absolute atomic E-state index is 5.01. The molecule has 1 aromatic carbocycles. The van der Waals surface area contributed by atoms with Crippen molar-refractivity contribution in [2.45, 2.75) is 0 Å². The Morgan fingerprint density at radius 1 is 1.22 bits per heavy atom. The molecule has 0 aliphatic rings. The van der Waals surface area contributed by atoms with Gasteiger partial charge in [-0.15, -0.1) is 12.2 Å². The van der Waals surface area contributed by atoms with Crippen LogP contribution in [0.2, 0.25) is 0 Å². The van der Waals surface area contributed by atoms with Crippen LogP contribution in [0.4, 0.5) is 0 Å². The highest BCUT2D eigenvalue weighted by atomic mass is 32.9. The first-order valence-electron chi connectivity index (χ1n) is 2.59. The molecule has 9 heavy (non-hydrogen) atoms. The molecule has 0 saturated carbocycles. The minimum absolute atomic E-state index is 0.934. The summed E-state index contributed by atoms with van der Waals surface area (Å²) >= 11 is 9.22. The lowest BCUT2D eigenvalue weighted by Gasteiger charge is -1.93. The summed E-state index contributed by atoms with van der Waals surface area (Å²) in [5.41, 5.74) is 0. The zero-order valence-corrected chi connectivity index (χ0v) is 7.45. The van der Waals surface area contributed by atoms with Gasteiger partial charge in [-0.2, -0.15) is 0 Å². The molecule has 0 aliphatic heterocycles. The van der Waals surface area contributed by atoms with E-state index in [-0.39, 0.29) is 0 Å². The van der Waals surface area contributed by atoms with Gasteiger partial charge in [0.2, 0.25) is 0 Å². The Morgan fingerprint density at radius 2 is 1.78 bits per heavy atom. The molecular formula is C6H7PS2. The number of hydrogen-bond donors (Lipinski definition) is 1. The van der Waals surface area contributed by atoms with Gasteiger partial charge in [-0.3, -0.25) is 0 Å². The molecule has 0 bridgehead atoms. The third-order valence-electron chi connectivity index (χ3n) is 1.02. The zero-order chi connectivity index (χ0) is 6.69. The van der Waals surface area contributed by atoms with Crippen LogP contribution in [-0.4, -0.2) is 0 Å². The second-order valence-corrected chi connectivity index (χ2v) is 6.33. The van der Waals surface area contributed by atoms with Crippen molar-refractivity contribution in [1.82, 2.24) is 0 Å². The molecule has 1 aromatic rings. The maximum atomic E-state index is 5.01. The van der Waals surface area contributed by atoms with Gasteiger partial charge in [0.1, 0.15) is 0 Å². The molecule has 0 aromatic heterocycles. The van der Waals surface area contributed by atoms with Crippen LogP contribution in [0.5, 0.6) is 0 Å². The van der Waals surface area contributed by atoms with Crippen molar-refractivity contribution in [2.75, 3.05) is 0 Å². The van der Waals surface area contributed by atoms with Gasteiger partial charge in [-0.1, -0.05) is 42.1 Å². The predicted octanol–water partition coefficient (Wildman–Crippen LogP) is 1.83. The average Bonchev–Trinajstić information content (AvgIpc) is 1.90. The number of benzene rings is 1. The molecule has 0 fully saturated rings. The summed E-state index contributed by atoms with van der Waals surface area (Å²) in [7, 11) is 0. The summed E-state index contributed by atoms with van der Waals surface area (Å²) in [5, 5.41) is 1.20. The van der Waals surface area contributed by atoms with Crippen molar-refractivity contribution >= 4 is 35.3 Å². The van der Waals surface area contributed by atoms with Crippen LogP contribution in [-0.2, 0) is 11.8 Å². The molecule has 0 radical (unpaired) electrons. The summed E-state index contributed by atoms with van der Waals surface area (Å²) in [5.74, 6) is -0.934. The van der Waals surface area contributed by atoms with Crippen molar-refractivity contribution in [3.8, 4) is 0 Å². The Balaban J connectivity index is 2.98. The van der Waals surface area contributed by atoms with Gasteiger partial charge in [0, 0.05) is 5.90 Å². The third-order valence-corrected chi connectivity index (χ3v) is 3.33. The summed E-state index contributed by atoms with van der Waals surface area (Å²) in [6.07, 6.45) is 0. The van der Waals surface area contributed by atoms with Gasteiger partial charge >= 0.3 is 0 Å². The monoisotopic (exact) mass is 174 g/mol. The largest absolute Gasteiger partial charge is 0.140 e. The molecule has 48 valence electrons. The Kier molecular flexibility index (Phi) is 2.77. The molecule has 0 N–H and O–H groups in total. The molecule has 0 spiro atoms. The standard InChI is InChI=1S/C6H7PS2/c8-7(9)6-4-2-1-3-5-6/h1-5,7H,(H,8,9). The summed E-state index contributed by atoms with van der Waals surface area (Å²) in [6, 6.07) is 10.0. The van der Waals surface area contributed by atoms with E-state index >= 15 is 0 Å². The van der Waals surface area contributed by atoms with Crippen molar-refractivity contribution < 1.29 is 0 Å². The van der Waals surface area contributed by atoms with Crippen LogP contribution >= 0.6 is 18.1 Å². The topological polar surface area (TPSA) is 0 Å². The van der Waals surface area contributed by atoms with E-state index in [0.717, 1.165) is 0 Å². The minimum atomic E-state index is -0.934. The molecule has 0 heterocycles. The number of hydrogen-bond acceptors (Lipinski definition) is 1. The van der Waals surface area contributed by atoms with Crippen molar-refractivity contribution in [2.24, 2.45) is 0 Å². The van der Waals surface area contributed by atoms with E-state index in [0.29, 0.717) is 0 Å². The van der Waals surface area contributed by atoms with E-state index in [9.17, 15) is 0 Å². The molecule has 1 atom stereocenters. The summed E-state index contributed by atoms with van der Waals surface area (Å²) in [4.78, 5) is 0. The van der Waals surface area contributed by atoms with E-state index in [1.807, 2.05) is 30.3 Å². The van der Waals surface area contributed by atoms with Crippen molar-refractivity contribution in [1.29, 1.82) is 0 Å². The van der Waals surface area contributed by atoms with E-state index in [2.05, 4.69) is 12.2 Å². The fourth-order valence-electron chi connectivity index (χ4n) is 0.581. The first-order valence-corrected chi connectivity index (χ1v) is 6.51. The van der Waals surface area contributed by atoms with Crippen molar-refractivity contribution in [3.63, 3.8) is 0 Å². The van der Waals surface area contributed by atoms with Gasteiger partial charge in [-0.05, 0) is 5.30 Å². The van der Waals surface area contributed by atoms with Gasteiger partial charge in [0.25, 0.3) is 0 Å². The van der Waals surface area contributed by atoms with Gasteiger partial charge in [0.05, 0.1) is 0 Å². The normalized spacial score (nSPS) is 13.0. The van der Waals surface area contributed by atoms with Gasteiger partial charge in [0.15, 0.2) is 0 Å². The van der Waals surface area contributed by atoms with Crippen LogP contribution in [0, 0.1) is 0 Å². The quantitative estimate of drug-likeness (QED) is 0.500. The molecule has 1 unspecified atom stereocenters. The highest BCUT2D eigenvalue weighted by Gasteiger charge is 1.87. The van der Waals surface area contributed by atoms with Gasteiger partial charge < -0.3 is 0 Å². The molecule has 0 saturated heterocycles. The smallest absolute Gasteiger partial charge is 0.0187 e. The molecule has 1 rings (SSSR count). The SMILES string of the molecule is S=[PH](S)c1ccccc1. The lowest BCUT2D eigenvalue weighted by Crippen LogP contribution is -1.88. The zero-order valence-electron chi connectivity index (χ0n) is 4.74. The lowest BCUT2D eigenvalue weighted by atomic mass is 10.4. The average molecular weight is 174 g/mol. The maximum Gasteiger partial charge on any atom is 0.0187 e. The second kappa shape index (κ2) is 3.40. The van der Waals surface area contributed by atoms with Crippen LogP contribution in [0.1, 0.15) is 0 Å². The van der Waals surface area contributed by atoms with E-state index < -0.39 is 5.90 Å². The fourth-order valence-corrected chi connectivity index (χ4v) is 1.91. The third kappa shape index (κ3) is 2.13. The Labute approximate surface area is 65.9 Å². The predicted molar refractivity (Wildman–Crippen MR) is 50.7 cm³/mol. The molecular weight excluding hydrogens is 167 g/mol. The highest BCUT2D eigenvalue weighted by molar-refractivity contribution is 8.58. The van der Waals surface area contributed by atoms with E-state index in [4.69, 9.17) is 11.8 Å². The number of rotatable bonds is 1. The Morgan fingerprint density at radius 3 is 2.11 bits per heavy atom. The van der Waals surface area contributed by atoms with E-state index in [1.54, 1.807) is 0 Å². The van der Waals surface area contributed by atoms with E-state index in [1.165, 1.54) is 5.30 Å². The summed E-state index contributed by atoms with van der Waals surface area (Å²) < 4.78 is 0. The molecule has 0 amide bonds. The van der Waals surface area contributed by atoms with Gasteiger partial charge in [-0.25, -0.2) is 0 Å². The molecule has 0 aliphatic carbocycles. The van der Waals surface area contributed by atoms with Crippen LogP contribution in [0.15, 0.2) is 30.3 Å². The second-order valence-electron chi connectivity index (χ2n) is 1.67. The first kappa shape index (κ1) is 7.33. The Hall–Kier alpha value is 0.220. The first-order chi connectivity index (χ1) is 4.30. The Bertz CT molecular complexity index is 208. The molecule has 3 heteroatoms. The van der Waals surface area contributed by atoms with Crippen molar-refractivity contribution in [3.05, 3.63) is 30.3 Å². The fraction of sp³-hybridized carbons (Fsp3) is 0. The van der Waals surface area contributed by atoms with Crippen LogP contribution in [0.3, 0.4) is 0 Å². The summed E-state index contributed by atoms with van der Waals surface area (Å²) in [6.45, 7) is 0. The number of thiol groups is 1.